The van der Waals surface area contributed by atoms with E-state index in [4.69, 9.17) is 0 Å². The number of benzene rings is 1. The van der Waals surface area contributed by atoms with Crippen LogP contribution in [0.25, 0.3) is 27.8 Å². The minimum Gasteiger partial charge on any atom is -0.362 e. The van der Waals surface area contributed by atoms with Crippen LogP contribution in [0, 0.1) is 5.82 Å². The number of hydrogen-bond acceptors (Lipinski definition) is 5. The van der Waals surface area contributed by atoms with Crippen LogP contribution in [0.4, 0.5) is 10.2 Å². The second-order valence-electron chi connectivity index (χ2n) is 6.98. The summed E-state index contributed by atoms with van der Waals surface area (Å²) in [5, 5.41) is 3.34. The van der Waals surface area contributed by atoms with E-state index >= 15 is 0 Å². The molecule has 5 aromatic rings. The van der Waals surface area contributed by atoms with E-state index in [1.165, 1.54) is 23.0 Å². The number of halogens is 1. The summed E-state index contributed by atoms with van der Waals surface area (Å²) >= 11 is 0. The molecule has 7 nitrogen and oxygen atoms in total. The third kappa shape index (κ3) is 2.98. The number of aromatic amines is 1. The number of aromatic nitrogens is 5. The fourth-order valence-electron chi connectivity index (χ4n) is 3.64. The standard InChI is InChI=1S/C22H17FN6O/c1-13(28-21-19-20(25-11-24-19)26-12-27-21)17-9-16-8-7-15(23)10-29(16)22(30)18(17)14-5-3-2-4-6-14/h2-13H,1H3,(H2,24,25,26,27,28)/t13-/m1/s1. The van der Waals surface area contributed by atoms with Crippen LogP contribution >= 0.6 is 0 Å². The Kier molecular flexibility index (Phi) is 4.24. The van der Waals surface area contributed by atoms with Gasteiger partial charge >= 0.3 is 0 Å². The van der Waals surface area contributed by atoms with Gasteiger partial charge in [0.25, 0.3) is 5.56 Å². The number of hydrogen-bond donors (Lipinski definition) is 2. The number of rotatable bonds is 4. The van der Waals surface area contributed by atoms with Crippen molar-refractivity contribution in [3.63, 3.8) is 0 Å². The van der Waals surface area contributed by atoms with Crippen LogP contribution < -0.4 is 10.9 Å². The Balaban J connectivity index is 1.70. The molecule has 8 heteroatoms. The summed E-state index contributed by atoms with van der Waals surface area (Å²) in [4.78, 5) is 29.0. The van der Waals surface area contributed by atoms with Gasteiger partial charge in [0, 0.05) is 11.7 Å². The zero-order chi connectivity index (χ0) is 20.7. The minimum atomic E-state index is -0.468. The van der Waals surface area contributed by atoms with Gasteiger partial charge < -0.3 is 10.3 Å². The van der Waals surface area contributed by atoms with Crippen LogP contribution in [0.15, 0.2) is 72.2 Å². The summed E-state index contributed by atoms with van der Waals surface area (Å²) in [5.41, 5.74) is 3.61. The smallest absolute Gasteiger partial charge is 0.263 e. The Morgan fingerprint density at radius 3 is 2.77 bits per heavy atom. The molecule has 2 N–H and O–H groups in total. The van der Waals surface area contributed by atoms with E-state index < -0.39 is 5.82 Å². The van der Waals surface area contributed by atoms with Crippen molar-refractivity contribution in [3.8, 4) is 11.1 Å². The second kappa shape index (κ2) is 7.07. The number of pyridine rings is 2. The van der Waals surface area contributed by atoms with E-state index in [1.807, 2.05) is 43.3 Å². The first-order chi connectivity index (χ1) is 14.6. The Morgan fingerprint density at radius 2 is 1.93 bits per heavy atom. The number of nitrogens with zero attached hydrogens (tertiary/aromatic N) is 4. The van der Waals surface area contributed by atoms with Gasteiger partial charge in [-0.05, 0) is 36.2 Å². The molecule has 0 radical (unpaired) electrons. The van der Waals surface area contributed by atoms with Gasteiger partial charge in [-0.2, -0.15) is 0 Å². The summed E-state index contributed by atoms with van der Waals surface area (Å²) in [6.07, 6.45) is 4.22. The van der Waals surface area contributed by atoms with Crippen molar-refractivity contribution in [2.24, 2.45) is 0 Å². The molecule has 30 heavy (non-hydrogen) atoms. The molecule has 0 spiro atoms. The summed E-state index contributed by atoms with van der Waals surface area (Å²) < 4.78 is 15.2. The van der Waals surface area contributed by atoms with Crippen molar-refractivity contribution in [2.75, 3.05) is 5.32 Å². The van der Waals surface area contributed by atoms with Gasteiger partial charge in [0.05, 0.1) is 17.9 Å². The maximum atomic E-state index is 13.8. The average Bonchev–Trinajstić information content (AvgIpc) is 3.24. The van der Waals surface area contributed by atoms with Crippen LogP contribution in [0.2, 0.25) is 0 Å². The Labute approximate surface area is 170 Å². The van der Waals surface area contributed by atoms with E-state index in [-0.39, 0.29) is 11.6 Å². The van der Waals surface area contributed by atoms with Gasteiger partial charge in [-0.25, -0.2) is 19.3 Å². The number of H-pyrrole nitrogens is 1. The molecule has 0 saturated carbocycles. The molecule has 0 amide bonds. The molecule has 0 fully saturated rings. The predicted octanol–water partition coefficient (Wildman–Crippen LogP) is 3.95. The third-order valence-corrected chi connectivity index (χ3v) is 5.07. The molecule has 4 heterocycles. The van der Waals surface area contributed by atoms with Crippen LogP contribution in [-0.2, 0) is 0 Å². The Bertz CT molecular complexity index is 1430. The van der Waals surface area contributed by atoms with Crippen molar-refractivity contribution >= 4 is 22.5 Å². The number of anilines is 1. The lowest BCUT2D eigenvalue weighted by molar-refractivity contribution is 0.618. The van der Waals surface area contributed by atoms with Crippen molar-refractivity contribution in [1.82, 2.24) is 24.3 Å². The highest BCUT2D eigenvalue weighted by Gasteiger charge is 2.19. The molecule has 1 atom stereocenters. The Morgan fingerprint density at radius 1 is 1.10 bits per heavy atom. The first-order valence-corrected chi connectivity index (χ1v) is 9.42. The molecule has 0 unspecified atom stereocenters. The summed E-state index contributed by atoms with van der Waals surface area (Å²) in [5.74, 6) is 0.0940. The van der Waals surface area contributed by atoms with Gasteiger partial charge in [-0.3, -0.25) is 9.20 Å². The molecule has 0 saturated heterocycles. The maximum Gasteiger partial charge on any atom is 0.263 e. The molecule has 0 bridgehead atoms. The number of fused-ring (bicyclic) bond motifs is 2. The molecule has 0 aliphatic rings. The summed E-state index contributed by atoms with van der Waals surface area (Å²) in [7, 11) is 0. The van der Waals surface area contributed by atoms with E-state index in [1.54, 1.807) is 12.4 Å². The SMILES string of the molecule is C[C@@H](Nc1ncnc2[nH]cnc12)c1cc2ccc(F)cn2c(=O)c1-c1ccccc1. The second-order valence-corrected chi connectivity index (χ2v) is 6.98. The van der Waals surface area contributed by atoms with Crippen molar-refractivity contribution in [2.45, 2.75) is 13.0 Å². The van der Waals surface area contributed by atoms with E-state index in [0.717, 1.165) is 11.1 Å². The lowest BCUT2D eigenvalue weighted by atomic mass is 9.96. The number of nitrogens with one attached hydrogen (secondary N) is 2. The molecule has 0 aliphatic heterocycles. The Hall–Kier alpha value is -4.07. The lowest BCUT2D eigenvalue weighted by Crippen LogP contribution is -2.21. The predicted molar refractivity (Wildman–Crippen MR) is 113 cm³/mol. The third-order valence-electron chi connectivity index (χ3n) is 5.07. The first kappa shape index (κ1) is 18.0. The van der Waals surface area contributed by atoms with Gasteiger partial charge in [0.1, 0.15) is 17.7 Å². The lowest BCUT2D eigenvalue weighted by Gasteiger charge is -2.20. The summed E-state index contributed by atoms with van der Waals surface area (Å²) in [6.45, 7) is 1.95. The minimum absolute atomic E-state index is 0.280. The largest absolute Gasteiger partial charge is 0.362 e. The fourth-order valence-corrected chi connectivity index (χ4v) is 3.64. The molecular formula is C22H17FN6O. The maximum absolute atomic E-state index is 13.8. The van der Waals surface area contributed by atoms with E-state index in [9.17, 15) is 9.18 Å². The van der Waals surface area contributed by atoms with Gasteiger partial charge in [0.2, 0.25) is 0 Å². The summed E-state index contributed by atoms with van der Waals surface area (Å²) in [6, 6.07) is 13.9. The van der Waals surface area contributed by atoms with Crippen molar-refractivity contribution < 1.29 is 4.39 Å². The first-order valence-electron chi connectivity index (χ1n) is 9.42. The molecule has 5 rings (SSSR count). The van der Waals surface area contributed by atoms with Crippen LogP contribution in [0.3, 0.4) is 0 Å². The van der Waals surface area contributed by atoms with Crippen LogP contribution in [-0.4, -0.2) is 24.3 Å². The van der Waals surface area contributed by atoms with Gasteiger partial charge in [-0.15, -0.1) is 0 Å². The van der Waals surface area contributed by atoms with Crippen LogP contribution in [0.5, 0.6) is 0 Å². The quantitative estimate of drug-likeness (QED) is 0.477. The van der Waals surface area contributed by atoms with Gasteiger partial charge in [-0.1, -0.05) is 30.3 Å². The van der Waals surface area contributed by atoms with Gasteiger partial charge in [0.15, 0.2) is 11.5 Å². The molecular weight excluding hydrogens is 383 g/mol. The van der Waals surface area contributed by atoms with Crippen molar-refractivity contribution in [3.05, 3.63) is 89.1 Å². The molecule has 148 valence electrons. The van der Waals surface area contributed by atoms with Crippen LogP contribution in [0.1, 0.15) is 18.5 Å². The topological polar surface area (TPSA) is 88.0 Å². The molecule has 4 aromatic heterocycles. The highest BCUT2D eigenvalue weighted by Crippen LogP contribution is 2.29. The molecule has 0 aliphatic carbocycles. The zero-order valence-corrected chi connectivity index (χ0v) is 16.0. The molecule has 1 aromatic carbocycles. The zero-order valence-electron chi connectivity index (χ0n) is 16.0. The fraction of sp³-hybridized carbons (Fsp3) is 0.0909. The highest BCUT2D eigenvalue weighted by molar-refractivity contribution is 5.82. The van der Waals surface area contributed by atoms with E-state index in [2.05, 4.69) is 25.3 Å². The average molecular weight is 400 g/mol. The monoisotopic (exact) mass is 400 g/mol. The van der Waals surface area contributed by atoms with Crippen molar-refractivity contribution in [1.29, 1.82) is 0 Å². The van der Waals surface area contributed by atoms with E-state index in [0.29, 0.717) is 28.1 Å². The normalized spacial score (nSPS) is 12.3. The highest BCUT2D eigenvalue weighted by atomic mass is 19.1. The number of imidazole rings is 1.